The highest BCUT2D eigenvalue weighted by molar-refractivity contribution is 5.78. The van der Waals surface area contributed by atoms with E-state index >= 15 is 0 Å². The normalized spacial score (nSPS) is 11.1. The fraction of sp³-hybridized carbons (Fsp3) is 0.182. The van der Waals surface area contributed by atoms with Crippen molar-refractivity contribution in [3.05, 3.63) is 83.9 Å². The van der Waals surface area contributed by atoms with E-state index in [1.807, 2.05) is 12.1 Å². The number of imidazole rings is 1. The fourth-order valence-corrected chi connectivity index (χ4v) is 3.17. The molecule has 0 saturated carbocycles. The van der Waals surface area contributed by atoms with Gasteiger partial charge >= 0.3 is 0 Å². The van der Waals surface area contributed by atoms with Crippen LogP contribution in [0.4, 0.5) is 0 Å². The van der Waals surface area contributed by atoms with Crippen LogP contribution >= 0.6 is 0 Å². The Morgan fingerprint density at radius 1 is 0.880 bits per heavy atom. The first-order valence-corrected chi connectivity index (χ1v) is 8.63. The Balaban J connectivity index is 1.54. The number of aryl methyl sites for hydroxylation is 4. The van der Waals surface area contributed by atoms with E-state index in [1.165, 1.54) is 16.5 Å². The topological polar surface area (TPSA) is 30.7 Å². The lowest BCUT2D eigenvalue weighted by Gasteiger charge is -2.03. The van der Waals surface area contributed by atoms with Crippen molar-refractivity contribution in [1.29, 1.82) is 0 Å². The van der Waals surface area contributed by atoms with Crippen LogP contribution in [-0.4, -0.2) is 14.5 Å². The zero-order valence-electron chi connectivity index (χ0n) is 14.6. The molecule has 2 heterocycles. The van der Waals surface area contributed by atoms with Gasteiger partial charge in [0.15, 0.2) is 0 Å². The summed E-state index contributed by atoms with van der Waals surface area (Å²) in [4.78, 5) is 9.59. The molecule has 0 aliphatic carbocycles. The van der Waals surface area contributed by atoms with Crippen LogP contribution in [0, 0.1) is 6.92 Å². The molecule has 0 radical (unpaired) electrons. The van der Waals surface area contributed by atoms with Crippen LogP contribution in [0.25, 0.3) is 22.2 Å². The molecule has 0 N–H and O–H groups in total. The molecule has 4 aromatic rings. The summed E-state index contributed by atoms with van der Waals surface area (Å²) < 4.78 is 2.12. The van der Waals surface area contributed by atoms with Gasteiger partial charge in [-0.2, -0.15) is 0 Å². The first-order chi connectivity index (χ1) is 12.2. The third-order valence-electron chi connectivity index (χ3n) is 4.55. The number of fused-ring (bicyclic) bond motifs is 1. The maximum absolute atomic E-state index is 4.83. The largest absolute Gasteiger partial charge is 0.337 e. The third kappa shape index (κ3) is 3.31. The van der Waals surface area contributed by atoms with E-state index in [4.69, 9.17) is 9.97 Å². The van der Waals surface area contributed by atoms with Crippen molar-refractivity contribution in [2.75, 3.05) is 0 Å². The summed E-state index contributed by atoms with van der Waals surface area (Å²) in [6.07, 6.45) is 3.88. The Morgan fingerprint density at radius 2 is 1.76 bits per heavy atom. The molecule has 0 fully saturated rings. The van der Waals surface area contributed by atoms with Crippen molar-refractivity contribution < 1.29 is 0 Å². The average molecular weight is 327 g/mol. The number of nitrogens with zero attached hydrogens (tertiary/aromatic N) is 3. The van der Waals surface area contributed by atoms with Gasteiger partial charge in [0, 0.05) is 36.3 Å². The first kappa shape index (κ1) is 15.6. The predicted molar refractivity (Wildman–Crippen MR) is 103 cm³/mol. The molecule has 0 unspecified atom stereocenters. The van der Waals surface area contributed by atoms with Crippen LogP contribution in [0.15, 0.2) is 66.9 Å². The molecule has 2 aromatic heterocycles. The molecular formula is C22H21N3. The maximum Gasteiger partial charge on any atom is 0.109 e. The summed E-state index contributed by atoms with van der Waals surface area (Å²) in [5, 5.41) is 1.19. The monoisotopic (exact) mass is 327 g/mol. The lowest BCUT2D eigenvalue weighted by atomic mass is 10.1. The fourth-order valence-electron chi connectivity index (χ4n) is 3.17. The molecule has 0 aliphatic rings. The molecule has 124 valence electrons. The van der Waals surface area contributed by atoms with Gasteiger partial charge in [-0.3, -0.25) is 4.98 Å². The molecule has 4 rings (SSSR count). The van der Waals surface area contributed by atoms with Gasteiger partial charge in [-0.05, 0) is 31.5 Å². The molecule has 25 heavy (non-hydrogen) atoms. The third-order valence-corrected chi connectivity index (χ3v) is 4.55. The second kappa shape index (κ2) is 6.52. The van der Waals surface area contributed by atoms with Crippen molar-refractivity contribution >= 4 is 10.9 Å². The molecule has 0 amide bonds. The van der Waals surface area contributed by atoms with Gasteiger partial charge < -0.3 is 4.57 Å². The van der Waals surface area contributed by atoms with Gasteiger partial charge in [-0.1, -0.05) is 48.0 Å². The molecule has 0 aliphatic heterocycles. The zero-order chi connectivity index (χ0) is 17.2. The SMILES string of the molecule is Cc1cccc(-c2cn(C)c(CCc3ccc4ccccc4n3)n2)c1. The van der Waals surface area contributed by atoms with Crippen molar-refractivity contribution in [2.24, 2.45) is 7.05 Å². The van der Waals surface area contributed by atoms with Gasteiger partial charge in [0.25, 0.3) is 0 Å². The van der Waals surface area contributed by atoms with Crippen LogP contribution in [0.3, 0.4) is 0 Å². The lowest BCUT2D eigenvalue weighted by molar-refractivity contribution is 0.763. The second-order valence-corrected chi connectivity index (χ2v) is 6.52. The van der Waals surface area contributed by atoms with Crippen LogP contribution < -0.4 is 0 Å². The second-order valence-electron chi connectivity index (χ2n) is 6.52. The van der Waals surface area contributed by atoms with Gasteiger partial charge in [0.1, 0.15) is 5.82 Å². The quantitative estimate of drug-likeness (QED) is 0.542. The van der Waals surface area contributed by atoms with E-state index in [9.17, 15) is 0 Å². The molecule has 0 saturated heterocycles. The Kier molecular flexibility index (Phi) is 4.06. The predicted octanol–water partition coefficient (Wildman–Crippen LogP) is 4.73. The average Bonchev–Trinajstić information content (AvgIpc) is 3.01. The van der Waals surface area contributed by atoms with E-state index in [1.54, 1.807) is 0 Å². The number of hydrogen-bond acceptors (Lipinski definition) is 2. The van der Waals surface area contributed by atoms with E-state index < -0.39 is 0 Å². The first-order valence-electron chi connectivity index (χ1n) is 8.63. The summed E-state index contributed by atoms with van der Waals surface area (Å²) in [5.74, 6) is 1.09. The van der Waals surface area contributed by atoms with Crippen LogP contribution in [0.1, 0.15) is 17.1 Å². The Hall–Kier alpha value is -2.94. The molecule has 0 spiro atoms. The van der Waals surface area contributed by atoms with Gasteiger partial charge in [0.05, 0.1) is 11.2 Å². The smallest absolute Gasteiger partial charge is 0.109 e. The van der Waals surface area contributed by atoms with Crippen molar-refractivity contribution in [3.63, 3.8) is 0 Å². The number of hydrogen-bond donors (Lipinski definition) is 0. The summed E-state index contributed by atoms with van der Waals surface area (Å²) in [6.45, 7) is 2.11. The Labute approximate surface area is 148 Å². The van der Waals surface area contributed by atoms with Gasteiger partial charge in [0.2, 0.25) is 0 Å². The Bertz CT molecular complexity index is 1030. The highest BCUT2D eigenvalue weighted by Gasteiger charge is 2.08. The van der Waals surface area contributed by atoms with Crippen molar-refractivity contribution in [3.8, 4) is 11.3 Å². The number of aromatic nitrogens is 3. The van der Waals surface area contributed by atoms with E-state index in [-0.39, 0.29) is 0 Å². The summed E-state index contributed by atoms with van der Waals surface area (Å²) in [6, 6.07) is 21.0. The minimum Gasteiger partial charge on any atom is -0.337 e. The summed E-state index contributed by atoms with van der Waals surface area (Å²) >= 11 is 0. The zero-order valence-corrected chi connectivity index (χ0v) is 14.6. The highest BCUT2D eigenvalue weighted by atomic mass is 15.0. The highest BCUT2D eigenvalue weighted by Crippen LogP contribution is 2.20. The van der Waals surface area contributed by atoms with Crippen molar-refractivity contribution in [2.45, 2.75) is 19.8 Å². The summed E-state index contributed by atoms with van der Waals surface area (Å²) in [7, 11) is 2.06. The molecule has 3 nitrogen and oxygen atoms in total. The summed E-state index contributed by atoms with van der Waals surface area (Å²) in [5.41, 5.74) is 5.63. The minimum atomic E-state index is 0.883. The minimum absolute atomic E-state index is 0.883. The van der Waals surface area contributed by atoms with Crippen LogP contribution in [0.2, 0.25) is 0 Å². The van der Waals surface area contributed by atoms with Gasteiger partial charge in [-0.15, -0.1) is 0 Å². The number of pyridine rings is 1. The van der Waals surface area contributed by atoms with Crippen molar-refractivity contribution in [1.82, 2.24) is 14.5 Å². The lowest BCUT2D eigenvalue weighted by Crippen LogP contribution is -2.01. The van der Waals surface area contributed by atoms with E-state index in [0.29, 0.717) is 0 Å². The molecular weight excluding hydrogens is 306 g/mol. The molecule has 0 bridgehead atoms. The maximum atomic E-state index is 4.83. The van der Waals surface area contributed by atoms with Crippen LogP contribution in [0.5, 0.6) is 0 Å². The van der Waals surface area contributed by atoms with Crippen LogP contribution in [-0.2, 0) is 19.9 Å². The molecule has 3 heteroatoms. The number of para-hydroxylation sites is 1. The number of benzene rings is 2. The van der Waals surface area contributed by atoms with E-state index in [2.05, 4.69) is 73.3 Å². The molecule has 0 atom stereocenters. The molecule has 2 aromatic carbocycles. The number of rotatable bonds is 4. The van der Waals surface area contributed by atoms with E-state index in [0.717, 1.165) is 35.6 Å². The van der Waals surface area contributed by atoms with Gasteiger partial charge in [-0.25, -0.2) is 4.98 Å². The Morgan fingerprint density at radius 3 is 2.64 bits per heavy atom. The standard InChI is InChI=1S/C22H21N3/c1-16-6-5-8-18(14-16)21-15-25(2)22(24-21)13-12-19-11-10-17-7-3-4-9-20(17)23-19/h3-11,14-15H,12-13H2,1-2H3.